The second-order valence-electron chi connectivity index (χ2n) is 15.5. The molecule has 1 aromatic carbocycles. The van der Waals surface area contributed by atoms with Crippen molar-refractivity contribution in [3.63, 3.8) is 0 Å². The summed E-state index contributed by atoms with van der Waals surface area (Å²) in [6.45, 7) is 23.0. The smallest absolute Gasteiger partial charge is 0.410 e. The van der Waals surface area contributed by atoms with Gasteiger partial charge in [0.2, 0.25) is 0 Å². The van der Waals surface area contributed by atoms with E-state index in [1.165, 1.54) is 6.33 Å². The van der Waals surface area contributed by atoms with Crippen LogP contribution in [-0.4, -0.2) is 73.9 Å². The summed E-state index contributed by atoms with van der Waals surface area (Å²) >= 11 is 0. The number of anilines is 1. The van der Waals surface area contributed by atoms with Gasteiger partial charge in [-0.25, -0.2) is 19.6 Å². The minimum atomic E-state index is -0.660. The van der Waals surface area contributed by atoms with Crippen molar-refractivity contribution in [3.8, 4) is 5.75 Å². The normalized spacial score (nSPS) is 16.4. The van der Waals surface area contributed by atoms with Crippen LogP contribution >= 0.6 is 0 Å². The molecule has 1 fully saturated rings. The minimum Gasteiger partial charge on any atom is -0.458 e. The van der Waals surface area contributed by atoms with Crippen molar-refractivity contribution in [2.45, 2.75) is 104 Å². The minimum absolute atomic E-state index is 0.242. The topological polar surface area (TPSA) is 125 Å². The van der Waals surface area contributed by atoms with Crippen LogP contribution in [0.1, 0.15) is 92.2 Å². The van der Waals surface area contributed by atoms with Gasteiger partial charge in [0.05, 0.1) is 5.39 Å². The summed E-state index contributed by atoms with van der Waals surface area (Å²) in [5.74, 6) is 1.94. The Morgan fingerprint density at radius 3 is 2.27 bits per heavy atom. The molecule has 0 saturated heterocycles. The third-order valence-corrected chi connectivity index (χ3v) is 8.91. The number of hydrogen-bond donors (Lipinski definition) is 1. The van der Waals surface area contributed by atoms with E-state index < -0.39 is 17.3 Å². The Labute approximate surface area is 309 Å². The highest BCUT2D eigenvalue weighted by atomic mass is 16.6. The van der Waals surface area contributed by atoms with E-state index in [2.05, 4.69) is 40.8 Å². The summed E-state index contributed by atoms with van der Waals surface area (Å²) in [5, 5.41) is 0.930. The molecule has 0 aliphatic heterocycles. The summed E-state index contributed by atoms with van der Waals surface area (Å²) < 4.78 is 19.7. The second kappa shape index (κ2) is 17.6. The number of rotatable bonds is 15. The van der Waals surface area contributed by atoms with E-state index in [1.807, 2.05) is 78.0 Å². The molecular formula is C41H58N6O5. The quantitative estimate of drug-likeness (QED) is 0.122. The molecule has 0 bridgehead atoms. The van der Waals surface area contributed by atoms with E-state index in [1.54, 1.807) is 15.9 Å². The molecule has 3 aromatic rings. The molecule has 0 unspecified atom stereocenters. The van der Waals surface area contributed by atoms with Crippen molar-refractivity contribution in [1.82, 2.24) is 24.3 Å². The van der Waals surface area contributed by atoms with Gasteiger partial charge in [-0.15, -0.1) is 0 Å². The zero-order chi connectivity index (χ0) is 38.1. The largest absolute Gasteiger partial charge is 0.458 e. The van der Waals surface area contributed by atoms with Crippen LogP contribution in [0.2, 0.25) is 0 Å². The Kier molecular flexibility index (Phi) is 13.5. The fourth-order valence-electron chi connectivity index (χ4n) is 6.54. The van der Waals surface area contributed by atoms with E-state index in [4.69, 9.17) is 19.9 Å². The highest BCUT2D eigenvalue weighted by Crippen LogP contribution is 2.39. The Hall–Kier alpha value is -4.80. The molecule has 2 amide bonds. The molecule has 0 radical (unpaired) electrons. The number of aryl methyl sites for hydroxylation is 1. The molecule has 52 heavy (non-hydrogen) atoms. The first-order valence-corrected chi connectivity index (χ1v) is 18.4. The summed E-state index contributed by atoms with van der Waals surface area (Å²) in [4.78, 5) is 39.3. The fraction of sp³-hybridized carbons (Fsp3) is 0.512. The zero-order valence-corrected chi connectivity index (χ0v) is 32.2. The number of allylic oxidation sites excluding steroid dienone is 2. The maximum atomic E-state index is 13.6. The molecule has 2 heterocycles. The van der Waals surface area contributed by atoms with Crippen LogP contribution in [0, 0.1) is 5.92 Å². The Bertz CT molecular complexity index is 1720. The van der Waals surface area contributed by atoms with Gasteiger partial charge in [-0.1, -0.05) is 44.4 Å². The van der Waals surface area contributed by atoms with Crippen molar-refractivity contribution >= 4 is 29.0 Å². The summed E-state index contributed by atoms with van der Waals surface area (Å²) in [6, 6.07) is 9.68. The van der Waals surface area contributed by atoms with Gasteiger partial charge in [-0.3, -0.25) is 0 Å². The first-order valence-electron chi connectivity index (χ1n) is 18.4. The number of aromatic nitrogens is 3. The van der Waals surface area contributed by atoms with Gasteiger partial charge in [0.1, 0.15) is 40.5 Å². The Morgan fingerprint density at radius 2 is 1.63 bits per heavy atom. The molecular weight excluding hydrogens is 656 g/mol. The van der Waals surface area contributed by atoms with Gasteiger partial charge >= 0.3 is 12.2 Å². The highest BCUT2D eigenvalue weighted by Gasteiger charge is 2.32. The molecule has 1 saturated carbocycles. The molecule has 2 aromatic heterocycles. The Balaban J connectivity index is 1.43. The number of para-hydroxylation sites is 1. The molecule has 1 aliphatic rings. The molecule has 0 spiro atoms. The summed E-state index contributed by atoms with van der Waals surface area (Å²) in [6.07, 6.45) is 11.2. The lowest BCUT2D eigenvalue weighted by atomic mass is 10.1. The highest BCUT2D eigenvalue weighted by molar-refractivity contribution is 5.89. The number of ether oxygens (including phenoxy) is 3. The average molecular weight is 715 g/mol. The van der Waals surface area contributed by atoms with Crippen LogP contribution in [0.3, 0.4) is 0 Å². The van der Waals surface area contributed by atoms with Crippen molar-refractivity contribution in [2.24, 2.45) is 5.92 Å². The molecule has 11 nitrogen and oxygen atoms in total. The lowest BCUT2D eigenvalue weighted by Crippen LogP contribution is -2.42. The number of nitrogens with zero attached hydrogens (tertiary/aromatic N) is 5. The molecule has 1 aliphatic carbocycles. The van der Waals surface area contributed by atoms with Crippen LogP contribution in [0.4, 0.5) is 15.4 Å². The standard InChI is InChI=1S/C41H58N6O5/c1-10-30(24-29(3)50-34-16-13-12-14-17-34)20-23-45(38(48)51-40(4,5)6)21-15-22-46(39(49)52-41(7,8)9)26-31-18-19-33(25-31)47-27-32(11-2)35-36(42)43-28-44-37(35)47/h10,12-14,16-17,24,27-28,31,33H,1,3,11,15,18-23,25-26H2,2,4-9H3,(H2,42,43,44)/b30-24+/t31-,33+/m1/s1. The first kappa shape index (κ1) is 40.0. The van der Waals surface area contributed by atoms with Gasteiger partial charge in [-0.05, 0) is 115 Å². The van der Waals surface area contributed by atoms with E-state index in [0.29, 0.717) is 56.3 Å². The van der Waals surface area contributed by atoms with Crippen LogP contribution in [-0.2, 0) is 15.9 Å². The number of nitrogen functional groups attached to an aromatic ring is 1. The molecule has 4 rings (SSSR count). The monoisotopic (exact) mass is 714 g/mol. The molecule has 282 valence electrons. The Morgan fingerprint density at radius 1 is 0.981 bits per heavy atom. The van der Waals surface area contributed by atoms with Gasteiger partial charge in [0.25, 0.3) is 0 Å². The average Bonchev–Trinajstić information content (AvgIpc) is 3.69. The number of benzene rings is 1. The predicted molar refractivity (Wildman–Crippen MR) is 207 cm³/mol. The van der Waals surface area contributed by atoms with Crippen LogP contribution < -0.4 is 10.5 Å². The van der Waals surface area contributed by atoms with Crippen molar-refractivity contribution in [3.05, 3.63) is 85.1 Å². The number of hydrogen-bond acceptors (Lipinski definition) is 8. The van der Waals surface area contributed by atoms with Gasteiger partial charge < -0.3 is 34.3 Å². The number of fused-ring (bicyclic) bond motifs is 1. The third-order valence-electron chi connectivity index (χ3n) is 8.91. The molecule has 11 heteroatoms. The van der Waals surface area contributed by atoms with E-state index in [9.17, 15) is 9.59 Å². The zero-order valence-electron chi connectivity index (χ0n) is 32.2. The number of nitrogens with two attached hydrogens (primary N) is 1. The first-order chi connectivity index (χ1) is 24.6. The predicted octanol–water partition coefficient (Wildman–Crippen LogP) is 8.88. The number of amides is 2. The van der Waals surface area contributed by atoms with Crippen LogP contribution in [0.5, 0.6) is 5.75 Å². The molecule has 2 atom stereocenters. The summed E-state index contributed by atoms with van der Waals surface area (Å²) in [5.41, 5.74) is 7.83. The van der Waals surface area contributed by atoms with E-state index in [0.717, 1.165) is 47.9 Å². The number of carbonyl (C=O) groups is 2. The van der Waals surface area contributed by atoms with Crippen molar-refractivity contribution in [1.29, 1.82) is 0 Å². The van der Waals surface area contributed by atoms with Crippen LogP contribution in [0.25, 0.3) is 11.0 Å². The fourth-order valence-corrected chi connectivity index (χ4v) is 6.54. The van der Waals surface area contributed by atoms with E-state index in [-0.39, 0.29) is 18.1 Å². The number of carbonyl (C=O) groups excluding carboxylic acids is 2. The maximum Gasteiger partial charge on any atom is 0.410 e. The van der Waals surface area contributed by atoms with Gasteiger partial charge in [-0.2, -0.15) is 0 Å². The lowest BCUT2D eigenvalue weighted by molar-refractivity contribution is 0.0186. The maximum absolute atomic E-state index is 13.6. The van der Waals surface area contributed by atoms with Crippen LogP contribution in [0.15, 0.2) is 79.5 Å². The van der Waals surface area contributed by atoms with Gasteiger partial charge in [0.15, 0.2) is 0 Å². The summed E-state index contributed by atoms with van der Waals surface area (Å²) in [7, 11) is 0. The molecule has 2 N–H and O–H groups in total. The van der Waals surface area contributed by atoms with Crippen molar-refractivity contribution < 1.29 is 23.8 Å². The third kappa shape index (κ3) is 11.6. The second-order valence-corrected chi connectivity index (χ2v) is 15.5. The van der Waals surface area contributed by atoms with E-state index >= 15 is 0 Å². The SMILES string of the molecule is C=C/C(=C\C(=C)Oc1ccccc1)CCN(CCCN(C[C@@H]1CC[C@H](n2cc(CC)c3c(N)ncnc32)C1)C(=O)OC(C)(C)C)C(=O)OC(C)(C)C. The van der Waals surface area contributed by atoms with Crippen molar-refractivity contribution in [2.75, 3.05) is 31.9 Å². The van der Waals surface area contributed by atoms with Gasteiger partial charge in [0, 0.05) is 38.4 Å². The lowest BCUT2D eigenvalue weighted by Gasteiger charge is -2.31.